The Morgan fingerprint density at radius 1 is 0.767 bits per heavy atom. The number of amides is 2. The average Bonchev–Trinajstić information content (AvgIpc) is 2.74. The van der Waals surface area contributed by atoms with Crippen molar-refractivity contribution in [2.24, 2.45) is 0 Å². The van der Waals surface area contributed by atoms with Crippen molar-refractivity contribution in [1.29, 1.82) is 0 Å². The number of hydrogen-bond acceptors (Lipinski definition) is 2. The Bertz CT molecular complexity index is 1050. The van der Waals surface area contributed by atoms with Gasteiger partial charge >= 0.3 is 6.18 Å². The normalized spacial score (nSPS) is 12.1. The summed E-state index contributed by atoms with van der Waals surface area (Å²) in [6, 6.07) is 19.7. The maximum Gasteiger partial charge on any atom is 0.417 e. The van der Waals surface area contributed by atoms with Gasteiger partial charge in [0.1, 0.15) is 0 Å². The number of para-hydroxylation sites is 1. The van der Waals surface area contributed by atoms with E-state index in [0.29, 0.717) is 0 Å². The van der Waals surface area contributed by atoms with Crippen LogP contribution in [0.2, 0.25) is 0 Å². The molecule has 154 valence electrons. The van der Waals surface area contributed by atoms with Gasteiger partial charge in [0.15, 0.2) is 0 Å². The number of alkyl halides is 3. The lowest BCUT2D eigenvalue weighted by Gasteiger charge is -2.17. The SMILES string of the molecule is CC(NC(=O)c1ccccc1NC(=O)c1ccccc1C(F)(F)F)c1ccccc1. The van der Waals surface area contributed by atoms with E-state index in [9.17, 15) is 22.8 Å². The number of benzene rings is 3. The summed E-state index contributed by atoms with van der Waals surface area (Å²) in [5.74, 6) is -1.40. The molecule has 1 atom stereocenters. The van der Waals surface area contributed by atoms with E-state index in [1.165, 1.54) is 24.3 Å². The first-order chi connectivity index (χ1) is 14.3. The number of halogens is 3. The minimum Gasteiger partial charge on any atom is -0.345 e. The first-order valence-corrected chi connectivity index (χ1v) is 9.20. The topological polar surface area (TPSA) is 58.2 Å². The molecule has 0 heterocycles. The second kappa shape index (κ2) is 8.82. The summed E-state index contributed by atoms with van der Waals surface area (Å²) in [5, 5.41) is 5.26. The zero-order chi connectivity index (χ0) is 21.7. The van der Waals surface area contributed by atoms with Gasteiger partial charge in [-0.25, -0.2) is 0 Å². The first kappa shape index (κ1) is 21.1. The quantitative estimate of drug-likeness (QED) is 0.586. The molecule has 0 fully saturated rings. The highest BCUT2D eigenvalue weighted by molar-refractivity contribution is 6.09. The van der Waals surface area contributed by atoms with Gasteiger partial charge in [-0.2, -0.15) is 13.2 Å². The fourth-order valence-corrected chi connectivity index (χ4v) is 3.01. The molecule has 2 amide bonds. The van der Waals surface area contributed by atoms with E-state index >= 15 is 0 Å². The highest BCUT2D eigenvalue weighted by atomic mass is 19.4. The molecule has 0 saturated carbocycles. The van der Waals surface area contributed by atoms with Crippen molar-refractivity contribution in [3.05, 3.63) is 101 Å². The van der Waals surface area contributed by atoms with Gasteiger partial charge in [-0.05, 0) is 36.8 Å². The molecule has 0 aliphatic carbocycles. The summed E-state index contributed by atoms with van der Waals surface area (Å²) in [6.07, 6.45) is -4.67. The van der Waals surface area contributed by atoms with Gasteiger partial charge in [-0.1, -0.05) is 54.6 Å². The smallest absolute Gasteiger partial charge is 0.345 e. The van der Waals surface area contributed by atoms with Crippen LogP contribution in [0.15, 0.2) is 78.9 Å². The molecule has 0 aliphatic heterocycles. The second-order valence-electron chi connectivity index (χ2n) is 6.65. The fourth-order valence-electron chi connectivity index (χ4n) is 3.01. The average molecular weight is 412 g/mol. The molecule has 0 aliphatic rings. The lowest BCUT2D eigenvalue weighted by Crippen LogP contribution is -2.28. The Labute approximate surface area is 171 Å². The van der Waals surface area contributed by atoms with Crippen LogP contribution in [0.25, 0.3) is 0 Å². The van der Waals surface area contributed by atoms with Crippen LogP contribution in [0.5, 0.6) is 0 Å². The summed E-state index contributed by atoms with van der Waals surface area (Å²) in [4.78, 5) is 25.3. The zero-order valence-electron chi connectivity index (χ0n) is 16.0. The van der Waals surface area contributed by atoms with E-state index in [1.54, 1.807) is 12.1 Å². The minimum absolute atomic E-state index is 0.122. The fraction of sp³-hybridized carbons (Fsp3) is 0.130. The Balaban J connectivity index is 1.83. The molecule has 7 heteroatoms. The minimum atomic E-state index is -4.67. The third-order valence-corrected chi connectivity index (χ3v) is 4.54. The largest absolute Gasteiger partial charge is 0.417 e. The summed E-state index contributed by atoms with van der Waals surface area (Å²) in [5.41, 5.74) is -0.387. The van der Waals surface area contributed by atoms with Gasteiger partial charge in [0.25, 0.3) is 11.8 Å². The zero-order valence-corrected chi connectivity index (χ0v) is 16.0. The molecule has 0 bridgehead atoms. The second-order valence-corrected chi connectivity index (χ2v) is 6.65. The monoisotopic (exact) mass is 412 g/mol. The van der Waals surface area contributed by atoms with Crippen molar-refractivity contribution >= 4 is 17.5 Å². The maximum atomic E-state index is 13.2. The predicted octanol–water partition coefficient (Wildman–Crippen LogP) is 5.45. The van der Waals surface area contributed by atoms with Crippen LogP contribution in [0, 0.1) is 0 Å². The maximum absolute atomic E-state index is 13.2. The highest BCUT2D eigenvalue weighted by Crippen LogP contribution is 2.32. The standard InChI is InChI=1S/C23H19F3N2O2/c1-15(16-9-3-2-4-10-16)27-22(30)18-12-6-8-14-20(18)28-21(29)17-11-5-7-13-19(17)23(24,25)26/h2-15H,1H3,(H,27,30)(H,28,29). The summed E-state index contributed by atoms with van der Waals surface area (Å²) < 4.78 is 39.6. The summed E-state index contributed by atoms with van der Waals surface area (Å²) in [6.45, 7) is 1.81. The molecule has 3 rings (SSSR count). The van der Waals surface area contributed by atoms with Crippen molar-refractivity contribution in [3.63, 3.8) is 0 Å². The number of nitrogens with one attached hydrogen (secondary N) is 2. The van der Waals surface area contributed by atoms with Gasteiger partial charge in [-0.3, -0.25) is 9.59 Å². The number of anilines is 1. The third kappa shape index (κ3) is 4.86. The Kier molecular flexibility index (Phi) is 6.20. The molecule has 0 aromatic heterocycles. The third-order valence-electron chi connectivity index (χ3n) is 4.54. The Morgan fingerprint density at radius 3 is 2.00 bits per heavy atom. The van der Waals surface area contributed by atoms with Gasteiger partial charge in [0.2, 0.25) is 0 Å². The van der Waals surface area contributed by atoms with E-state index in [2.05, 4.69) is 10.6 Å². The van der Waals surface area contributed by atoms with Crippen molar-refractivity contribution in [3.8, 4) is 0 Å². The Hall–Kier alpha value is -3.61. The van der Waals surface area contributed by atoms with Crippen LogP contribution in [0.1, 0.15) is 44.8 Å². The number of rotatable bonds is 5. The van der Waals surface area contributed by atoms with Crippen LogP contribution in [0.3, 0.4) is 0 Å². The van der Waals surface area contributed by atoms with Crippen molar-refractivity contribution in [2.75, 3.05) is 5.32 Å². The van der Waals surface area contributed by atoms with Gasteiger partial charge in [0, 0.05) is 0 Å². The van der Waals surface area contributed by atoms with Crippen LogP contribution in [0.4, 0.5) is 18.9 Å². The lowest BCUT2D eigenvalue weighted by atomic mass is 10.1. The molecule has 3 aromatic carbocycles. The van der Waals surface area contributed by atoms with Crippen molar-refractivity contribution < 1.29 is 22.8 Å². The van der Waals surface area contributed by atoms with Gasteiger partial charge in [-0.15, -0.1) is 0 Å². The van der Waals surface area contributed by atoms with E-state index in [-0.39, 0.29) is 17.3 Å². The molecule has 0 saturated heterocycles. The Morgan fingerprint density at radius 2 is 1.33 bits per heavy atom. The van der Waals surface area contributed by atoms with Crippen LogP contribution < -0.4 is 10.6 Å². The van der Waals surface area contributed by atoms with Gasteiger partial charge < -0.3 is 10.6 Å². The van der Waals surface area contributed by atoms with Gasteiger partial charge in [0.05, 0.1) is 28.4 Å². The molecule has 2 N–H and O–H groups in total. The van der Waals surface area contributed by atoms with Crippen molar-refractivity contribution in [1.82, 2.24) is 5.32 Å². The summed E-state index contributed by atoms with van der Waals surface area (Å²) >= 11 is 0. The lowest BCUT2D eigenvalue weighted by molar-refractivity contribution is -0.137. The van der Waals surface area contributed by atoms with E-state index in [4.69, 9.17) is 0 Å². The molecule has 3 aromatic rings. The molecule has 0 radical (unpaired) electrons. The van der Waals surface area contributed by atoms with Crippen molar-refractivity contribution in [2.45, 2.75) is 19.1 Å². The molecule has 1 unspecified atom stereocenters. The molecular formula is C23H19F3N2O2. The number of carbonyl (C=O) groups excluding carboxylic acids is 2. The molecule has 4 nitrogen and oxygen atoms in total. The first-order valence-electron chi connectivity index (χ1n) is 9.20. The van der Waals surface area contributed by atoms with Crippen LogP contribution >= 0.6 is 0 Å². The van der Waals surface area contributed by atoms with E-state index < -0.39 is 29.1 Å². The molecular weight excluding hydrogens is 393 g/mol. The predicted molar refractivity (Wildman–Crippen MR) is 108 cm³/mol. The molecule has 0 spiro atoms. The van der Waals surface area contributed by atoms with Crippen LogP contribution in [-0.4, -0.2) is 11.8 Å². The number of hydrogen-bond donors (Lipinski definition) is 2. The summed E-state index contributed by atoms with van der Waals surface area (Å²) in [7, 11) is 0. The van der Waals surface area contributed by atoms with E-state index in [1.807, 2.05) is 37.3 Å². The van der Waals surface area contributed by atoms with Crippen LogP contribution in [-0.2, 0) is 6.18 Å². The van der Waals surface area contributed by atoms with E-state index in [0.717, 1.165) is 17.7 Å². The molecule has 30 heavy (non-hydrogen) atoms. The highest BCUT2D eigenvalue weighted by Gasteiger charge is 2.35. The number of carbonyl (C=O) groups is 2.